The molecule has 2 atom stereocenters. The van der Waals surface area contributed by atoms with Crippen LogP contribution in [0.2, 0.25) is 0 Å². The zero-order valence-electron chi connectivity index (χ0n) is 18.4. The molecule has 2 unspecified atom stereocenters. The van der Waals surface area contributed by atoms with Gasteiger partial charge in [0.2, 0.25) is 5.91 Å². The molecule has 0 aromatic heterocycles. The van der Waals surface area contributed by atoms with Gasteiger partial charge in [-0.15, -0.1) is 0 Å². The lowest BCUT2D eigenvalue weighted by molar-refractivity contribution is -0.141. The van der Waals surface area contributed by atoms with Crippen LogP contribution in [0.4, 0.5) is 11.4 Å². The van der Waals surface area contributed by atoms with E-state index in [1.54, 1.807) is 0 Å². The van der Waals surface area contributed by atoms with Crippen LogP contribution in [0.3, 0.4) is 0 Å². The maximum Gasteiger partial charge on any atom is 0.241 e. The molecule has 1 amide bonds. The first kappa shape index (κ1) is 20.0. The van der Waals surface area contributed by atoms with Gasteiger partial charge in [-0.3, -0.25) is 15.0 Å². The first-order valence-electron chi connectivity index (χ1n) is 11.2. The maximum absolute atomic E-state index is 14.2. The fourth-order valence-electron chi connectivity index (χ4n) is 6.05. The van der Waals surface area contributed by atoms with E-state index in [0.29, 0.717) is 18.7 Å². The molecule has 2 aromatic rings. The van der Waals surface area contributed by atoms with E-state index in [1.165, 1.54) is 5.56 Å². The predicted octanol–water partition coefficient (Wildman–Crippen LogP) is 4.83. The molecule has 1 heterocycles. The minimum Gasteiger partial charge on any atom is -0.311 e. The van der Waals surface area contributed by atoms with E-state index in [4.69, 9.17) is 0 Å². The Labute approximate surface area is 183 Å². The Morgan fingerprint density at radius 3 is 2.48 bits per heavy atom. The highest BCUT2D eigenvalue weighted by atomic mass is 16.2. The van der Waals surface area contributed by atoms with Crippen LogP contribution >= 0.6 is 0 Å². The van der Waals surface area contributed by atoms with E-state index < -0.39 is 16.2 Å². The number of fused-ring (bicyclic) bond motifs is 3. The molecule has 2 aromatic carbocycles. The lowest BCUT2D eigenvalue weighted by Crippen LogP contribution is -2.53. The molecule has 2 fully saturated rings. The van der Waals surface area contributed by atoms with Gasteiger partial charge >= 0.3 is 0 Å². The van der Waals surface area contributed by atoms with Gasteiger partial charge in [-0.2, -0.15) is 5.10 Å². The molecule has 5 heteroatoms. The van der Waals surface area contributed by atoms with Crippen molar-refractivity contribution in [3.63, 3.8) is 0 Å². The number of hydrogen-bond acceptors (Lipinski definition) is 4. The highest BCUT2D eigenvalue weighted by molar-refractivity contribution is 6.51. The van der Waals surface area contributed by atoms with Gasteiger partial charge in [0.1, 0.15) is 11.1 Å². The van der Waals surface area contributed by atoms with Crippen molar-refractivity contribution < 1.29 is 9.59 Å². The van der Waals surface area contributed by atoms with Crippen molar-refractivity contribution in [1.82, 2.24) is 0 Å². The Kier molecular flexibility index (Phi) is 4.37. The summed E-state index contributed by atoms with van der Waals surface area (Å²) in [5.41, 5.74) is 4.50. The first-order valence-corrected chi connectivity index (χ1v) is 11.2. The Hall–Kier alpha value is -2.95. The van der Waals surface area contributed by atoms with Crippen LogP contribution in [-0.4, -0.2) is 23.9 Å². The van der Waals surface area contributed by atoms with Crippen LogP contribution in [0.15, 0.2) is 59.7 Å². The molecule has 2 saturated carbocycles. The second-order valence-electron chi connectivity index (χ2n) is 9.82. The topological polar surface area (TPSA) is 61.8 Å². The Balaban J connectivity index is 1.56. The summed E-state index contributed by atoms with van der Waals surface area (Å²) in [6.07, 6.45) is 3.25. The van der Waals surface area contributed by atoms with E-state index >= 15 is 0 Å². The number of benzene rings is 2. The molecular formula is C26H29N3O2. The summed E-state index contributed by atoms with van der Waals surface area (Å²) in [5.74, 6) is -0.161. The van der Waals surface area contributed by atoms with Crippen LogP contribution in [0, 0.1) is 16.2 Å². The van der Waals surface area contributed by atoms with Crippen molar-refractivity contribution in [2.75, 3.05) is 16.9 Å². The number of carbonyl (C=O) groups excluding carboxylic acids is 2. The Bertz CT molecular complexity index is 1090. The molecule has 2 bridgehead atoms. The van der Waals surface area contributed by atoms with Crippen molar-refractivity contribution >= 4 is 28.8 Å². The summed E-state index contributed by atoms with van der Waals surface area (Å²) in [7, 11) is 0. The van der Waals surface area contributed by atoms with Gasteiger partial charge in [0.05, 0.1) is 5.69 Å². The summed E-state index contributed by atoms with van der Waals surface area (Å²) < 4.78 is 0. The third kappa shape index (κ3) is 2.52. The van der Waals surface area contributed by atoms with Gasteiger partial charge in [-0.1, -0.05) is 57.2 Å². The third-order valence-corrected chi connectivity index (χ3v) is 8.36. The Morgan fingerprint density at radius 1 is 1.00 bits per heavy atom. The number of hydrazone groups is 1. The van der Waals surface area contributed by atoms with Gasteiger partial charge in [-0.05, 0) is 54.9 Å². The number of Topliss-reactive ketones (excluding diaryl/α,β-unsaturated/α-hetero) is 1. The largest absolute Gasteiger partial charge is 0.311 e. The number of amides is 1. The normalized spacial score (nSPS) is 29.8. The number of para-hydroxylation sites is 2. The summed E-state index contributed by atoms with van der Waals surface area (Å²) in [6, 6.07) is 17.7. The SMILES string of the molecule is CC12CCC(C(=O)N3CCCc4ccccc43)(C(=O)C1=NNc1ccccc1)C2(C)C. The highest BCUT2D eigenvalue weighted by Gasteiger charge is 2.77. The molecule has 0 saturated heterocycles. The number of ketones is 1. The van der Waals surface area contributed by atoms with Crippen molar-refractivity contribution in [3.8, 4) is 0 Å². The highest BCUT2D eigenvalue weighted by Crippen LogP contribution is 2.70. The number of rotatable bonds is 3. The average Bonchev–Trinajstić information content (AvgIpc) is 3.07. The predicted molar refractivity (Wildman–Crippen MR) is 123 cm³/mol. The van der Waals surface area contributed by atoms with Crippen molar-refractivity contribution in [2.24, 2.45) is 21.3 Å². The molecule has 3 aliphatic rings. The number of hydrogen-bond donors (Lipinski definition) is 1. The smallest absolute Gasteiger partial charge is 0.241 e. The Morgan fingerprint density at radius 2 is 1.71 bits per heavy atom. The molecule has 5 nitrogen and oxygen atoms in total. The molecule has 0 radical (unpaired) electrons. The zero-order chi connectivity index (χ0) is 21.9. The molecular weight excluding hydrogens is 386 g/mol. The molecule has 1 aliphatic heterocycles. The van der Waals surface area contributed by atoms with E-state index in [1.807, 2.05) is 53.4 Å². The quantitative estimate of drug-likeness (QED) is 0.577. The molecule has 31 heavy (non-hydrogen) atoms. The first-order chi connectivity index (χ1) is 14.8. The van der Waals surface area contributed by atoms with E-state index in [2.05, 4.69) is 37.4 Å². The van der Waals surface area contributed by atoms with Gasteiger partial charge in [0, 0.05) is 17.6 Å². The summed E-state index contributed by atoms with van der Waals surface area (Å²) in [4.78, 5) is 29.9. The standard InChI is InChI=1S/C26H29N3O2/c1-24(2)25(3)15-16-26(24,22(30)21(25)28-27-19-12-5-4-6-13-19)23(31)29-17-9-11-18-10-7-8-14-20(18)29/h4-8,10,12-14,27H,9,11,15-17H2,1-3H3. The molecule has 5 rings (SSSR count). The lowest BCUT2D eigenvalue weighted by atomic mass is 9.64. The molecule has 1 N–H and O–H groups in total. The molecule has 160 valence electrons. The van der Waals surface area contributed by atoms with E-state index in [9.17, 15) is 9.59 Å². The number of anilines is 2. The number of nitrogens with zero attached hydrogens (tertiary/aromatic N) is 2. The van der Waals surface area contributed by atoms with Crippen LogP contribution in [0.5, 0.6) is 0 Å². The van der Waals surface area contributed by atoms with Gasteiger partial charge in [0.25, 0.3) is 0 Å². The van der Waals surface area contributed by atoms with E-state index in [0.717, 1.165) is 30.6 Å². The monoisotopic (exact) mass is 415 g/mol. The van der Waals surface area contributed by atoms with Gasteiger partial charge in [-0.25, -0.2) is 0 Å². The summed E-state index contributed by atoms with van der Waals surface area (Å²) in [5, 5.41) is 4.59. The number of nitrogens with one attached hydrogen (secondary N) is 1. The van der Waals surface area contributed by atoms with Crippen molar-refractivity contribution in [3.05, 3.63) is 60.2 Å². The van der Waals surface area contributed by atoms with Crippen LogP contribution in [0.1, 0.15) is 45.6 Å². The van der Waals surface area contributed by atoms with Crippen LogP contribution in [-0.2, 0) is 16.0 Å². The molecule has 2 aliphatic carbocycles. The van der Waals surface area contributed by atoms with Gasteiger partial charge < -0.3 is 4.90 Å². The second-order valence-corrected chi connectivity index (χ2v) is 9.82. The molecule has 0 spiro atoms. The summed E-state index contributed by atoms with van der Waals surface area (Å²) in [6.45, 7) is 6.92. The second kappa shape index (κ2) is 6.78. The number of aryl methyl sites for hydroxylation is 1. The van der Waals surface area contributed by atoms with Crippen molar-refractivity contribution in [1.29, 1.82) is 0 Å². The average molecular weight is 416 g/mol. The number of carbonyl (C=O) groups is 2. The maximum atomic E-state index is 14.2. The van der Waals surface area contributed by atoms with Crippen LogP contribution in [0.25, 0.3) is 0 Å². The van der Waals surface area contributed by atoms with Crippen molar-refractivity contribution in [2.45, 2.75) is 46.5 Å². The fourth-order valence-corrected chi connectivity index (χ4v) is 6.05. The minimum absolute atomic E-state index is 0.0525. The fraction of sp³-hybridized carbons (Fsp3) is 0.423. The van der Waals surface area contributed by atoms with Crippen LogP contribution < -0.4 is 10.3 Å². The minimum atomic E-state index is -1.07. The third-order valence-electron chi connectivity index (χ3n) is 8.36. The lowest BCUT2D eigenvalue weighted by Gasteiger charge is -2.41. The zero-order valence-corrected chi connectivity index (χ0v) is 18.4. The summed E-state index contributed by atoms with van der Waals surface area (Å²) >= 11 is 0. The van der Waals surface area contributed by atoms with E-state index in [-0.39, 0.29) is 11.7 Å². The van der Waals surface area contributed by atoms with Gasteiger partial charge in [0.15, 0.2) is 5.78 Å².